The van der Waals surface area contributed by atoms with Gasteiger partial charge in [-0.1, -0.05) is 12.1 Å². The molecule has 0 fully saturated rings. The van der Waals surface area contributed by atoms with Gasteiger partial charge in [0.1, 0.15) is 6.61 Å². The molecule has 2 heterocycles. The SMILES string of the molecule is O=C(NCCCc1nc(-c2ccncc2)cs1)c1ccc(COCC(F)(F)F)cc1. The van der Waals surface area contributed by atoms with Crippen molar-refractivity contribution < 1.29 is 22.7 Å². The van der Waals surface area contributed by atoms with Crippen LogP contribution >= 0.6 is 11.3 Å². The fraction of sp³-hybridized carbons (Fsp3) is 0.286. The Balaban J connectivity index is 1.39. The number of aromatic nitrogens is 2. The molecule has 2 aromatic heterocycles. The average molecular weight is 435 g/mol. The van der Waals surface area contributed by atoms with Crippen molar-refractivity contribution in [1.82, 2.24) is 15.3 Å². The van der Waals surface area contributed by atoms with E-state index in [0.717, 1.165) is 29.1 Å². The van der Waals surface area contributed by atoms with Crippen molar-refractivity contribution in [2.75, 3.05) is 13.2 Å². The van der Waals surface area contributed by atoms with Gasteiger partial charge in [0.25, 0.3) is 5.91 Å². The Morgan fingerprint density at radius 3 is 2.53 bits per heavy atom. The lowest BCUT2D eigenvalue weighted by atomic mass is 10.1. The zero-order valence-electron chi connectivity index (χ0n) is 16.0. The van der Waals surface area contributed by atoms with E-state index >= 15 is 0 Å². The van der Waals surface area contributed by atoms with Gasteiger partial charge in [-0.05, 0) is 36.2 Å². The summed E-state index contributed by atoms with van der Waals surface area (Å²) in [6.45, 7) is -0.950. The molecule has 30 heavy (non-hydrogen) atoms. The molecule has 0 unspecified atom stereocenters. The number of rotatable bonds is 9. The summed E-state index contributed by atoms with van der Waals surface area (Å²) in [5.74, 6) is -0.227. The lowest BCUT2D eigenvalue weighted by molar-refractivity contribution is -0.176. The summed E-state index contributed by atoms with van der Waals surface area (Å²) >= 11 is 1.58. The van der Waals surface area contributed by atoms with E-state index in [4.69, 9.17) is 0 Å². The highest BCUT2D eigenvalue weighted by molar-refractivity contribution is 7.09. The Bertz CT molecular complexity index is 944. The maximum atomic E-state index is 12.2. The van der Waals surface area contributed by atoms with E-state index < -0.39 is 12.8 Å². The van der Waals surface area contributed by atoms with Gasteiger partial charge in [0.05, 0.1) is 17.3 Å². The molecule has 1 N–H and O–H groups in total. The minimum absolute atomic E-state index is 0.156. The predicted octanol–water partition coefficient (Wildman–Crippen LogP) is 4.65. The Morgan fingerprint density at radius 1 is 1.10 bits per heavy atom. The smallest absolute Gasteiger partial charge is 0.367 e. The second-order valence-corrected chi connectivity index (χ2v) is 7.47. The summed E-state index contributed by atoms with van der Waals surface area (Å²) in [4.78, 5) is 20.8. The van der Waals surface area contributed by atoms with Gasteiger partial charge in [-0.2, -0.15) is 13.2 Å². The molecule has 3 rings (SSSR count). The van der Waals surface area contributed by atoms with Crippen LogP contribution in [0.1, 0.15) is 27.3 Å². The second kappa shape index (κ2) is 10.3. The first-order chi connectivity index (χ1) is 14.4. The third kappa shape index (κ3) is 6.93. The molecule has 1 aromatic carbocycles. The molecular weight excluding hydrogens is 415 g/mol. The third-order valence-corrected chi connectivity index (χ3v) is 5.04. The minimum atomic E-state index is -4.35. The number of ether oxygens (including phenoxy) is 1. The summed E-state index contributed by atoms with van der Waals surface area (Å²) < 4.78 is 40.8. The van der Waals surface area contributed by atoms with E-state index in [-0.39, 0.29) is 12.5 Å². The number of hydrogen-bond donors (Lipinski definition) is 1. The maximum Gasteiger partial charge on any atom is 0.411 e. The number of hydrogen-bond acceptors (Lipinski definition) is 5. The van der Waals surface area contributed by atoms with Crippen molar-refractivity contribution in [2.45, 2.75) is 25.6 Å². The number of amides is 1. The van der Waals surface area contributed by atoms with Crippen molar-refractivity contribution >= 4 is 17.2 Å². The topological polar surface area (TPSA) is 64.1 Å². The molecule has 0 aliphatic rings. The summed E-state index contributed by atoms with van der Waals surface area (Å²) in [5, 5.41) is 5.84. The largest absolute Gasteiger partial charge is 0.411 e. The van der Waals surface area contributed by atoms with E-state index in [9.17, 15) is 18.0 Å². The number of nitrogens with one attached hydrogen (secondary N) is 1. The summed E-state index contributed by atoms with van der Waals surface area (Å²) in [7, 11) is 0. The summed E-state index contributed by atoms with van der Waals surface area (Å²) in [6, 6.07) is 10.1. The average Bonchev–Trinajstić information content (AvgIpc) is 3.20. The van der Waals surface area contributed by atoms with Crippen molar-refractivity contribution in [2.24, 2.45) is 0 Å². The number of aryl methyl sites for hydroxylation is 1. The zero-order chi connectivity index (χ0) is 21.4. The first-order valence-corrected chi connectivity index (χ1v) is 10.1. The van der Waals surface area contributed by atoms with Crippen molar-refractivity contribution in [3.63, 3.8) is 0 Å². The lowest BCUT2D eigenvalue weighted by Crippen LogP contribution is -2.24. The molecule has 0 aliphatic heterocycles. The third-order valence-electron chi connectivity index (χ3n) is 4.13. The number of thiazole rings is 1. The molecule has 0 saturated carbocycles. The minimum Gasteiger partial charge on any atom is -0.367 e. The maximum absolute atomic E-state index is 12.2. The molecule has 0 radical (unpaired) electrons. The van der Waals surface area contributed by atoms with Crippen LogP contribution in [0.25, 0.3) is 11.3 Å². The number of carbonyl (C=O) groups is 1. The van der Waals surface area contributed by atoms with Gasteiger partial charge in [0.15, 0.2) is 0 Å². The van der Waals surface area contributed by atoms with Gasteiger partial charge in [0.2, 0.25) is 0 Å². The quantitative estimate of drug-likeness (QED) is 0.497. The lowest BCUT2D eigenvalue weighted by Gasteiger charge is -2.08. The van der Waals surface area contributed by atoms with E-state index in [1.807, 2.05) is 17.5 Å². The normalized spacial score (nSPS) is 11.4. The van der Waals surface area contributed by atoms with Crippen molar-refractivity contribution in [3.8, 4) is 11.3 Å². The Labute approximate surface area is 176 Å². The van der Waals surface area contributed by atoms with E-state index in [1.54, 1.807) is 48.0 Å². The van der Waals surface area contributed by atoms with Gasteiger partial charge in [-0.3, -0.25) is 9.78 Å². The van der Waals surface area contributed by atoms with E-state index in [1.165, 1.54) is 0 Å². The van der Waals surface area contributed by atoms with Crippen molar-refractivity contribution in [3.05, 3.63) is 70.3 Å². The molecule has 0 atom stereocenters. The van der Waals surface area contributed by atoms with E-state index in [2.05, 4.69) is 20.0 Å². The van der Waals surface area contributed by atoms with Gasteiger partial charge in [-0.15, -0.1) is 11.3 Å². The molecule has 0 spiro atoms. The standard InChI is InChI=1S/C21H20F3N3O2S/c22-21(23,24)14-29-12-15-3-5-17(6-4-15)20(28)26-9-1-2-19-27-18(13-30-19)16-7-10-25-11-8-16/h3-8,10-11,13H,1-2,9,12,14H2,(H,26,28). The van der Waals surface area contributed by atoms with Crippen LogP contribution in [0, 0.1) is 0 Å². The predicted molar refractivity (Wildman–Crippen MR) is 108 cm³/mol. The first-order valence-electron chi connectivity index (χ1n) is 9.27. The van der Waals surface area contributed by atoms with Crippen molar-refractivity contribution in [1.29, 1.82) is 0 Å². The number of halogens is 3. The molecule has 0 saturated heterocycles. The Hall–Kier alpha value is -2.78. The van der Waals surface area contributed by atoms with Crippen LogP contribution in [-0.4, -0.2) is 35.2 Å². The Kier molecular flexibility index (Phi) is 7.53. The molecule has 9 heteroatoms. The fourth-order valence-corrected chi connectivity index (χ4v) is 3.51. The van der Waals surface area contributed by atoms with E-state index in [0.29, 0.717) is 17.7 Å². The van der Waals surface area contributed by atoms with Crippen LogP contribution in [0.4, 0.5) is 13.2 Å². The fourth-order valence-electron chi connectivity index (χ4n) is 2.66. The molecule has 0 bridgehead atoms. The summed E-state index contributed by atoms with van der Waals surface area (Å²) in [5.41, 5.74) is 2.96. The highest BCUT2D eigenvalue weighted by Crippen LogP contribution is 2.21. The molecule has 5 nitrogen and oxygen atoms in total. The van der Waals surface area contributed by atoms with Crippen LogP contribution < -0.4 is 5.32 Å². The molecule has 3 aromatic rings. The Morgan fingerprint density at radius 2 is 1.83 bits per heavy atom. The van der Waals surface area contributed by atoms with Crippen LogP contribution in [0.3, 0.4) is 0 Å². The number of pyridine rings is 1. The van der Waals surface area contributed by atoms with Gasteiger partial charge in [-0.25, -0.2) is 4.98 Å². The van der Waals surface area contributed by atoms with Gasteiger partial charge in [0, 0.05) is 41.9 Å². The number of benzene rings is 1. The number of nitrogens with zero attached hydrogens (tertiary/aromatic N) is 2. The van der Waals surface area contributed by atoms with Gasteiger partial charge >= 0.3 is 6.18 Å². The van der Waals surface area contributed by atoms with Crippen LogP contribution in [0.2, 0.25) is 0 Å². The molecule has 1 amide bonds. The van der Waals surface area contributed by atoms with Crippen LogP contribution in [0.5, 0.6) is 0 Å². The monoisotopic (exact) mass is 435 g/mol. The van der Waals surface area contributed by atoms with Crippen LogP contribution in [0.15, 0.2) is 54.2 Å². The van der Waals surface area contributed by atoms with Gasteiger partial charge < -0.3 is 10.1 Å². The number of carbonyl (C=O) groups excluding carboxylic acids is 1. The highest BCUT2D eigenvalue weighted by atomic mass is 32.1. The zero-order valence-corrected chi connectivity index (χ0v) is 16.8. The first kappa shape index (κ1) is 21.9. The second-order valence-electron chi connectivity index (χ2n) is 6.53. The molecular formula is C21H20F3N3O2S. The molecule has 158 valence electrons. The summed E-state index contributed by atoms with van der Waals surface area (Å²) in [6.07, 6.45) is 0.612. The van der Waals surface area contributed by atoms with Crippen LogP contribution in [-0.2, 0) is 17.8 Å². The number of alkyl halides is 3. The molecule has 0 aliphatic carbocycles. The highest BCUT2D eigenvalue weighted by Gasteiger charge is 2.27.